The Kier molecular flexibility index (Phi) is 5.19. The van der Waals surface area contributed by atoms with Crippen molar-refractivity contribution in [2.75, 3.05) is 13.1 Å². The Bertz CT molecular complexity index is 755. The predicted molar refractivity (Wildman–Crippen MR) is 102 cm³/mol. The van der Waals surface area contributed by atoms with Gasteiger partial charge >= 0.3 is 0 Å². The van der Waals surface area contributed by atoms with E-state index in [0.29, 0.717) is 11.8 Å². The van der Waals surface area contributed by atoms with Crippen molar-refractivity contribution in [1.29, 1.82) is 0 Å². The van der Waals surface area contributed by atoms with Crippen LogP contribution in [0.4, 0.5) is 0 Å². The third-order valence-corrected chi connectivity index (χ3v) is 5.56. The fourth-order valence-electron chi connectivity index (χ4n) is 4.15. The van der Waals surface area contributed by atoms with Crippen molar-refractivity contribution in [3.63, 3.8) is 0 Å². The van der Waals surface area contributed by atoms with E-state index >= 15 is 0 Å². The molecule has 0 radical (unpaired) electrons. The van der Waals surface area contributed by atoms with Crippen LogP contribution in [0.15, 0.2) is 24.3 Å². The minimum atomic E-state index is -0.238. The number of aryl methyl sites for hydroxylation is 2. The molecule has 1 aliphatic rings. The molecule has 0 saturated carbocycles. The molecular formula is C21H30N2O2. The van der Waals surface area contributed by atoms with Gasteiger partial charge in [-0.1, -0.05) is 32.0 Å². The van der Waals surface area contributed by atoms with Crippen LogP contribution in [0.1, 0.15) is 49.2 Å². The molecule has 1 N–H and O–H groups in total. The summed E-state index contributed by atoms with van der Waals surface area (Å²) in [5.74, 6) is 0.935. The Morgan fingerprint density at radius 3 is 2.56 bits per heavy atom. The first-order valence-corrected chi connectivity index (χ1v) is 9.41. The van der Waals surface area contributed by atoms with Crippen molar-refractivity contribution >= 4 is 16.8 Å². The maximum Gasteiger partial charge on any atom is 0.270 e. The molecular weight excluding hydrogens is 312 g/mol. The number of rotatable bonds is 4. The number of fused-ring (bicyclic) bond motifs is 1. The molecule has 2 heterocycles. The lowest BCUT2D eigenvalue weighted by Crippen LogP contribution is -2.42. The third-order valence-electron chi connectivity index (χ3n) is 5.56. The molecule has 1 aromatic carbocycles. The number of carbonyl (C=O) groups excluding carboxylic acids is 1. The molecule has 25 heavy (non-hydrogen) atoms. The summed E-state index contributed by atoms with van der Waals surface area (Å²) in [6, 6.07) is 8.18. The van der Waals surface area contributed by atoms with Crippen molar-refractivity contribution in [3.8, 4) is 0 Å². The highest BCUT2D eigenvalue weighted by atomic mass is 16.3. The molecule has 0 bridgehead atoms. The van der Waals surface area contributed by atoms with E-state index in [1.54, 1.807) is 0 Å². The van der Waals surface area contributed by atoms with Crippen molar-refractivity contribution in [2.45, 2.75) is 46.1 Å². The van der Waals surface area contributed by atoms with Gasteiger partial charge < -0.3 is 14.6 Å². The van der Waals surface area contributed by atoms with Gasteiger partial charge in [0.2, 0.25) is 0 Å². The fourth-order valence-corrected chi connectivity index (χ4v) is 4.15. The van der Waals surface area contributed by atoms with E-state index in [-0.39, 0.29) is 12.0 Å². The lowest BCUT2D eigenvalue weighted by molar-refractivity contribution is 0.0381. The number of para-hydroxylation sites is 1. The van der Waals surface area contributed by atoms with E-state index < -0.39 is 0 Å². The van der Waals surface area contributed by atoms with Gasteiger partial charge in [0, 0.05) is 25.5 Å². The van der Waals surface area contributed by atoms with Crippen molar-refractivity contribution < 1.29 is 9.90 Å². The monoisotopic (exact) mass is 342 g/mol. The summed E-state index contributed by atoms with van der Waals surface area (Å²) in [4.78, 5) is 14.9. The zero-order valence-electron chi connectivity index (χ0n) is 15.8. The molecule has 1 saturated heterocycles. The van der Waals surface area contributed by atoms with Crippen molar-refractivity contribution in [2.24, 2.45) is 18.9 Å². The quantitative estimate of drug-likeness (QED) is 0.920. The highest BCUT2D eigenvalue weighted by molar-refractivity contribution is 5.99. The molecule has 0 spiro atoms. The minimum Gasteiger partial charge on any atom is -0.393 e. The maximum absolute atomic E-state index is 13.0. The van der Waals surface area contributed by atoms with Crippen LogP contribution in [0.25, 0.3) is 10.9 Å². The molecule has 3 rings (SSSR count). The van der Waals surface area contributed by atoms with Crippen LogP contribution < -0.4 is 0 Å². The summed E-state index contributed by atoms with van der Waals surface area (Å²) >= 11 is 0. The SMILES string of the molecule is Cc1cccc2cc(C(=O)N3CCC([C@@H](O)CC(C)C)CC3)n(C)c12. The molecule has 1 fully saturated rings. The summed E-state index contributed by atoms with van der Waals surface area (Å²) in [5, 5.41) is 11.5. The molecule has 1 amide bonds. The van der Waals surface area contributed by atoms with E-state index in [9.17, 15) is 9.90 Å². The zero-order chi connectivity index (χ0) is 18.1. The van der Waals surface area contributed by atoms with Crippen LogP contribution >= 0.6 is 0 Å². The second kappa shape index (κ2) is 7.20. The molecule has 0 aliphatic carbocycles. The first-order chi connectivity index (χ1) is 11.9. The van der Waals surface area contributed by atoms with Crippen LogP contribution in [0.2, 0.25) is 0 Å². The van der Waals surface area contributed by atoms with Crippen LogP contribution in [-0.2, 0) is 7.05 Å². The van der Waals surface area contributed by atoms with Gasteiger partial charge in [-0.3, -0.25) is 4.79 Å². The number of hydrogen-bond acceptors (Lipinski definition) is 2. The number of aromatic nitrogens is 1. The zero-order valence-corrected chi connectivity index (χ0v) is 15.8. The van der Waals surface area contributed by atoms with E-state index in [4.69, 9.17) is 0 Å². The highest BCUT2D eigenvalue weighted by Gasteiger charge is 2.29. The van der Waals surface area contributed by atoms with Gasteiger partial charge in [0.25, 0.3) is 5.91 Å². The van der Waals surface area contributed by atoms with Gasteiger partial charge in [0.05, 0.1) is 11.6 Å². The molecule has 136 valence electrons. The normalized spacial score (nSPS) is 17.4. The average molecular weight is 342 g/mol. The molecule has 4 nitrogen and oxygen atoms in total. The topological polar surface area (TPSA) is 45.5 Å². The first kappa shape index (κ1) is 18.0. The van der Waals surface area contributed by atoms with E-state index in [0.717, 1.165) is 48.9 Å². The third kappa shape index (κ3) is 3.59. The summed E-state index contributed by atoms with van der Waals surface area (Å²) in [5.41, 5.74) is 3.08. The van der Waals surface area contributed by atoms with Crippen molar-refractivity contribution in [3.05, 3.63) is 35.5 Å². The molecule has 1 aromatic heterocycles. The van der Waals surface area contributed by atoms with Gasteiger partial charge in [0.15, 0.2) is 0 Å². The number of likely N-dealkylation sites (tertiary alicyclic amines) is 1. The van der Waals surface area contributed by atoms with Gasteiger partial charge in [-0.2, -0.15) is 0 Å². The smallest absolute Gasteiger partial charge is 0.270 e. The standard InChI is InChI=1S/C21H30N2O2/c1-14(2)12-19(24)16-8-10-23(11-9-16)21(25)18-13-17-7-5-6-15(3)20(17)22(18)4/h5-7,13-14,16,19,24H,8-12H2,1-4H3/t19-/m0/s1. The molecule has 0 unspecified atom stereocenters. The Morgan fingerprint density at radius 2 is 1.96 bits per heavy atom. The highest BCUT2D eigenvalue weighted by Crippen LogP contribution is 2.27. The number of piperidine rings is 1. The first-order valence-electron chi connectivity index (χ1n) is 9.41. The number of benzene rings is 1. The number of amides is 1. The molecule has 1 atom stereocenters. The maximum atomic E-state index is 13.0. The molecule has 2 aromatic rings. The van der Waals surface area contributed by atoms with Crippen molar-refractivity contribution in [1.82, 2.24) is 9.47 Å². The Labute approximate surface area is 150 Å². The largest absolute Gasteiger partial charge is 0.393 e. The Hall–Kier alpha value is -1.81. The summed E-state index contributed by atoms with van der Waals surface area (Å²) in [6.45, 7) is 7.84. The van der Waals surface area contributed by atoms with Crippen LogP contribution in [0.3, 0.4) is 0 Å². The lowest BCUT2D eigenvalue weighted by Gasteiger charge is -2.34. The number of hydrogen-bond donors (Lipinski definition) is 1. The van der Waals surface area contributed by atoms with Gasteiger partial charge in [-0.05, 0) is 49.7 Å². The van der Waals surface area contributed by atoms with Crippen LogP contribution in [0.5, 0.6) is 0 Å². The lowest BCUT2D eigenvalue weighted by atomic mass is 9.87. The summed E-state index contributed by atoms with van der Waals surface area (Å²) in [6.07, 6.45) is 2.39. The van der Waals surface area contributed by atoms with Gasteiger partial charge in [-0.25, -0.2) is 0 Å². The Morgan fingerprint density at radius 1 is 1.28 bits per heavy atom. The molecule has 1 aliphatic heterocycles. The second-order valence-electron chi connectivity index (χ2n) is 7.93. The van der Waals surface area contributed by atoms with E-state index in [1.807, 2.05) is 28.6 Å². The fraction of sp³-hybridized carbons (Fsp3) is 0.571. The second-order valence-corrected chi connectivity index (χ2v) is 7.93. The number of aliphatic hydroxyl groups is 1. The summed E-state index contributed by atoms with van der Waals surface area (Å²) < 4.78 is 2.02. The van der Waals surface area contributed by atoms with Crippen LogP contribution in [-0.4, -0.2) is 39.7 Å². The Balaban J connectivity index is 1.71. The molecule has 4 heteroatoms. The average Bonchev–Trinajstić information content (AvgIpc) is 2.92. The number of aliphatic hydroxyl groups excluding tert-OH is 1. The number of carbonyl (C=O) groups is 1. The van der Waals surface area contributed by atoms with Gasteiger partial charge in [-0.15, -0.1) is 0 Å². The number of nitrogens with zero attached hydrogens (tertiary/aromatic N) is 2. The predicted octanol–water partition coefficient (Wildman–Crippen LogP) is 3.75. The minimum absolute atomic E-state index is 0.106. The van der Waals surface area contributed by atoms with Gasteiger partial charge in [0.1, 0.15) is 5.69 Å². The summed E-state index contributed by atoms with van der Waals surface area (Å²) in [7, 11) is 1.97. The van der Waals surface area contributed by atoms with Crippen LogP contribution in [0, 0.1) is 18.8 Å². The van der Waals surface area contributed by atoms with E-state index in [2.05, 4.69) is 32.9 Å². The van der Waals surface area contributed by atoms with E-state index in [1.165, 1.54) is 5.56 Å².